The highest BCUT2D eigenvalue weighted by atomic mass is 79.9. The number of halogens is 1. The first-order valence-electron chi connectivity index (χ1n) is 9.54. The van der Waals surface area contributed by atoms with Gasteiger partial charge in [0.05, 0.1) is 11.6 Å². The summed E-state index contributed by atoms with van der Waals surface area (Å²) >= 11 is 3.38. The van der Waals surface area contributed by atoms with Gasteiger partial charge in [-0.2, -0.15) is 0 Å². The number of rotatable bonds is 4. The van der Waals surface area contributed by atoms with Crippen LogP contribution in [0.3, 0.4) is 0 Å². The third-order valence-electron chi connectivity index (χ3n) is 5.62. The minimum Gasteiger partial charge on any atom is -0.503 e. The van der Waals surface area contributed by atoms with Crippen LogP contribution in [0.2, 0.25) is 0 Å². The lowest BCUT2D eigenvalue weighted by Gasteiger charge is -2.37. The summed E-state index contributed by atoms with van der Waals surface area (Å²) in [5.74, 6) is 1.80. The molecule has 2 saturated heterocycles. The number of piperidine rings is 2. The molecule has 2 aliphatic heterocycles. The van der Waals surface area contributed by atoms with Crippen molar-refractivity contribution in [2.45, 2.75) is 39.2 Å². The molecule has 3 rings (SSSR count). The van der Waals surface area contributed by atoms with Gasteiger partial charge in [-0.15, -0.1) is 0 Å². The fourth-order valence-electron chi connectivity index (χ4n) is 4.12. The molecule has 144 valence electrons. The van der Waals surface area contributed by atoms with E-state index in [-0.39, 0.29) is 11.7 Å². The minimum atomic E-state index is 0.135. The average Bonchev–Trinajstić information content (AvgIpc) is 2.64. The van der Waals surface area contributed by atoms with Crippen molar-refractivity contribution in [1.82, 2.24) is 9.80 Å². The van der Waals surface area contributed by atoms with E-state index in [2.05, 4.69) is 32.7 Å². The fourth-order valence-corrected chi connectivity index (χ4v) is 4.61. The molecule has 26 heavy (non-hydrogen) atoms. The summed E-state index contributed by atoms with van der Waals surface area (Å²) in [7, 11) is 1.56. The van der Waals surface area contributed by atoms with E-state index in [9.17, 15) is 9.90 Å². The zero-order chi connectivity index (χ0) is 18.7. The van der Waals surface area contributed by atoms with Crippen molar-refractivity contribution in [2.75, 3.05) is 33.3 Å². The Balaban J connectivity index is 1.54. The highest BCUT2D eigenvalue weighted by Gasteiger charge is 2.30. The van der Waals surface area contributed by atoms with E-state index in [1.54, 1.807) is 7.11 Å². The maximum atomic E-state index is 12.8. The van der Waals surface area contributed by atoms with Gasteiger partial charge in [0.25, 0.3) is 0 Å². The molecule has 0 unspecified atom stereocenters. The van der Waals surface area contributed by atoms with Crippen LogP contribution in [0.5, 0.6) is 11.5 Å². The summed E-state index contributed by atoms with van der Waals surface area (Å²) in [6, 6.07) is 3.82. The van der Waals surface area contributed by atoms with Crippen LogP contribution in [-0.4, -0.2) is 54.1 Å². The van der Waals surface area contributed by atoms with Gasteiger partial charge in [0.2, 0.25) is 5.91 Å². The molecule has 0 aromatic heterocycles. The number of aromatic hydroxyl groups is 1. The molecule has 1 aromatic carbocycles. The van der Waals surface area contributed by atoms with E-state index in [0.29, 0.717) is 22.0 Å². The Hall–Kier alpha value is -1.27. The van der Waals surface area contributed by atoms with Crippen LogP contribution in [0.15, 0.2) is 16.6 Å². The number of likely N-dealkylation sites (tertiary alicyclic amines) is 2. The number of carbonyl (C=O) groups excluding carboxylic acids is 1. The monoisotopic (exact) mass is 424 g/mol. The third-order valence-corrected chi connectivity index (χ3v) is 6.22. The molecule has 0 saturated carbocycles. The van der Waals surface area contributed by atoms with E-state index < -0.39 is 0 Å². The van der Waals surface area contributed by atoms with Gasteiger partial charge in [-0.05, 0) is 78.3 Å². The summed E-state index contributed by atoms with van der Waals surface area (Å²) < 4.78 is 5.88. The second-order valence-electron chi connectivity index (χ2n) is 7.71. The van der Waals surface area contributed by atoms with Crippen LogP contribution in [-0.2, 0) is 11.3 Å². The molecule has 0 radical (unpaired) electrons. The number of nitrogens with zero attached hydrogens (tertiary/aromatic N) is 2. The molecular formula is C20H29BrN2O3. The molecule has 1 aromatic rings. The normalized spacial score (nSPS) is 22.4. The van der Waals surface area contributed by atoms with Crippen LogP contribution in [0, 0.1) is 11.8 Å². The zero-order valence-electron chi connectivity index (χ0n) is 15.7. The quantitative estimate of drug-likeness (QED) is 0.801. The number of carbonyl (C=O) groups is 1. The number of phenols is 1. The zero-order valence-corrected chi connectivity index (χ0v) is 17.3. The summed E-state index contributed by atoms with van der Waals surface area (Å²) in [5.41, 5.74) is 1.10. The number of phenolic OH excluding ortho intramolecular Hbond substituents is 1. The van der Waals surface area contributed by atoms with Crippen LogP contribution < -0.4 is 4.74 Å². The molecule has 0 aliphatic carbocycles. The van der Waals surface area contributed by atoms with E-state index in [4.69, 9.17) is 4.74 Å². The van der Waals surface area contributed by atoms with Crippen molar-refractivity contribution in [1.29, 1.82) is 0 Å². The maximum absolute atomic E-state index is 12.8. The number of benzene rings is 1. The maximum Gasteiger partial charge on any atom is 0.225 e. The Morgan fingerprint density at radius 1 is 1.27 bits per heavy atom. The van der Waals surface area contributed by atoms with Gasteiger partial charge in [0, 0.05) is 25.6 Å². The van der Waals surface area contributed by atoms with Gasteiger partial charge in [0.1, 0.15) is 0 Å². The lowest BCUT2D eigenvalue weighted by Crippen LogP contribution is -2.45. The second kappa shape index (κ2) is 8.61. The molecule has 5 nitrogen and oxygen atoms in total. The van der Waals surface area contributed by atoms with Gasteiger partial charge >= 0.3 is 0 Å². The summed E-state index contributed by atoms with van der Waals surface area (Å²) in [4.78, 5) is 17.3. The first-order chi connectivity index (χ1) is 12.5. The van der Waals surface area contributed by atoms with Crippen molar-refractivity contribution >= 4 is 21.8 Å². The summed E-state index contributed by atoms with van der Waals surface area (Å²) in [5, 5.41) is 9.94. The lowest BCUT2D eigenvalue weighted by atomic mass is 9.92. The van der Waals surface area contributed by atoms with Crippen molar-refractivity contribution in [3.63, 3.8) is 0 Å². The van der Waals surface area contributed by atoms with Crippen molar-refractivity contribution in [3.8, 4) is 11.5 Å². The lowest BCUT2D eigenvalue weighted by molar-refractivity contribution is -0.138. The fraction of sp³-hybridized carbons (Fsp3) is 0.650. The molecular weight excluding hydrogens is 396 g/mol. The summed E-state index contributed by atoms with van der Waals surface area (Å²) in [6.07, 6.45) is 4.25. The number of hydrogen-bond donors (Lipinski definition) is 1. The number of hydrogen-bond acceptors (Lipinski definition) is 4. The number of methoxy groups -OCH3 is 1. The summed E-state index contributed by atoms with van der Waals surface area (Å²) in [6.45, 7) is 6.77. The highest BCUT2D eigenvalue weighted by Crippen LogP contribution is 2.36. The molecule has 1 amide bonds. The number of amides is 1. The largest absolute Gasteiger partial charge is 0.503 e. The molecule has 2 fully saturated rings. The van der Waals surface area contributed by atoms with Gasteiger partial charge in [0.15, 0.2) is 11.5 Å². The van der Waals surface area contributed by atoms with Crippen LogP contribution >= 0.6 is 15.9 Å². The Kier molecular flexibility index (Phi) is 6.46. The van der Waals surface area contributed by atoms with Gasteiger partial charge < -0.3 is 14.7 Å². The predicted molar refractivity (Wildman–Crippen MR) is 105 cm³/mol. The molecule has 2 aliphatic rings. The Morgan fingerprint density at radius 2 is 2.00 bits per heavy atom. The van der Waals surface area contributed by atoms with Gasteiger partial charge in [-0.25, -0.2) is 0 Å². The van der Waals surface area contributed by atoms with Crippen LogP contribution in [0.4, 0.5) is 0 Å². The van der Waals surface area contributed by atoms with Crippen LogP contribution in [0.25, 0.3) is 0 Å². The van der Waals surface area contributed by atoms with Gasteiger partial charge in [-0.1, -0.05) is 6.92 Å². The first-order valence-corrected chi connectivity index (χ1v) is 10.3. The SMILES string of the molecule is COc1cc(CN2CCC(C(=O)N3CCC[C@H](C)C3)CC2)cc(Br)c1O. The minimum absolute atomic E-state index is 0.135. The standard InChI is InChI=1S/C20H29BrN2O3/c1-14-4-3-7-23(12-14)20(25)16-5-8-22(9-6-16)13-15-10-17(21)19(24)18(11-15)26-2/h10-11,14,16,24H,3-9,12-13H2,1-2H3/t14-/m0/s1. The smallest absolute Gasteiger partial charge is 0.225 e. The molecule has 0 bridgehead atoms. The average molecular weight is 425 g/mol. The molecule has 1 N–H and O–H groups in total. The third kappa shape index (κ3) is 4.52. The second-order valence-corrected chi connectivity index (χ2v) is 8.56. The topological polar surface area (TPSA) is 53.0 Å². The van der Waals surface area contributed by atoms with E-state index in [1.807, 2.05) is 12.1 Å². The van der Waals surface area contributed by atoms with Crippen LogP contribution in [0.1, 0.15) is 38.2 Å². The van der Waals surface area contributed by atoms with Gasteiger partial charge in [-0.3, -0.25) is 9.69 Å². The Bertz CT molecular complexity index is 644. The van der Waals surface area contributed by atoms with Crippen molar-refractivity contribution < 1.29 is 14.6 Å². The highest BCUT2D eigenvalue weighted by molar-refractivity contribution is 9.10. The van der Waals surface area contributed by atoms with E-state index in [0.717, 1.165) is 57.5 Å². The van der Waals surface area contributed by atoms with E-state index >= 15 is 0 Å². The molecule has 1 atom stereocenters. The van der Waals surface area contributed by atoms with Crippen molar-refractivity contribution in [2.24, 2.45) is 11.8 Å². The van der Waals surface area contributed by atoms with E-state index in [1.165, 1.54) is 6.42 Å². The Labute approximate surface area is 164 Å². The Morgan fingerprint density at radius 3 is 2.65 bits per heavy atom. The predicted octanol–water partition coefficient (Wildman–Crippen LogP) is 3.63. The molecule has 0 spiro atoms. The number of ether oxygens (including phenoxy) is 1. The molecule has 2 heterocycles. The first kappa shape index (κ1) is 19.5. The van der Waals surface area contributed by atoms with Crippen molar-refractivity contribution in [3.05, 3.63) is 22.2 Å². The molecule has 6 heteroatoms.